The van der Waals surface area contributed by atoms with Gasteiger partial charge in [0.05, 0.1) is 17.7 Å². The molecule has 2 aromatic rings. The number of carbonyl (C=O) groups excluding carboxylic acids is 1. The molecule has 1 saturated carbocycles. The molecule has 1 N–H and O–H groups in total. The summed E-state index contributed by atoms with van der Waals surface area (Å²) in [5.74, 6) is 0.581. The van der Waals surface area contributed by atoms with E-state index in [1.165, 1.54) is 4.31 Å². The summed E-state index contributed by atoms with van der Waals surface area (Å²) < 4.78 is 32.6. The SMILES string of the molecule is CCc1ccc(S(=O)(=O)N2CC[C@@]3(C[C@@H]3C(=O)NCc3ccco3)C2)cc1. The van der Waals surface area contributed by atoms with Crippen LogP contribution < -0.4 is 5.32 Å². The van der Waals surface area contributed by atoms with Crippen molar-refractivity contribution in [1.29, 1.82) is 0 Å². The Morgan fingerprint density at radius 1 is 1.30 bits per heavy atom. The van der Waals surface area contributed by atoms with Gasteiger partial charge in [0.15, 0.2) is 0 Å². The molecule has 4 rings (SSSR count). The lowest BCUT2D eigenvalue weighted by molar-refractivity contribution is -0.123. The van der Waals surface area contributed by atoms with Crippen LogP contribution in [0.15, 0.2) is 52.0 Å². The van der Waals surface area contributed by atoms with E-state index in [2.05, 4.69) is 5.32 Å². The molecule has 0 bridgehead atoms. The van der Waals surface area contributed by atoms with Crippen molar-refractivity contribution in [1.82, 2.24) is 9.62 Å². The topological polar surface area (TPSA) is 79.6 Å². The lowest BCUT2D eigenvalue weighted by Gasteiger charge is -2.17. The van der Waals surface area contributed by atoms with E-state index in [0.717, 1.165) is 24.8 Å². The average molecular weight is 388 g/mol. The summed E-state index contributed by atoms with van der Waals surface area (Å²) in [6.07, 6.45) is 3.94. The Hall–Kier alpha value is -2.12. The van der Waals surface area contributed by atoms with Gasteiger partial charge in [-0.05, 0) is 54.5 Å². The zero-order valence-electron chi connectivity index (χ0n) is 15.3. The predicted octanol–water partition coefficient (Wildman–Crippen LogP) is 2.56. The molecular formula is C20H24N2O4S. The molecule has 2 heterocycles. The first-order valence-corrected chi connectivity index (χ1v) is 10.8. The lowest BCUT2D eigenvalue weighted by atomic mass is 10.0. The van der Waals surface area contributed by atoms with Crippen LogP contribution in [0.4, 0.5) is 0 Å². The summed E-state index contributed by atoms with van der Waals surface area (Å²) in [4.78, 5) is 12.8. The fourth-order valence-corrected chi connectivity index (χ4v) is 5.52. The minimum absolute atomic E-state index is 0.0158. The van der Waals surface area contributed by atoms with Gasteiger partial charge in [0.2, 0.25) is 15.9 Å². The van der Waals surface area contributed by atoms with Gasteiger partial charge < -0.3 is 9.73 Å². The molecule has 1 aromatic heterocycles. The van der Waals surface area contributed by atoms with Crippen LogP contribution in [0.25, 0.3) is 0 Å². The summed E-state index contributed by atoms with van der Waals surface area (Å²) in [6, 6.07) is 10.7. The van der Waals surface area contributed by atoms with Gasteiger partial charge in [0.1, 0.15) is 5.76 Å². The maximum absolute atomic E-state index is 12.9. The van der Waals surface area contributed by atoms with Gasteiger partial charge in [-0.3, -0.25) is 4.79 Å². The number of nitrogens with zero attached hydrogens (tertiary/aromatic N) is 1. The van der Waals surface area contributed by atoms with Crippen molar-refractivity contribution in [2.24, 2.45) is 11.3 Å². The zero-order chi connectivity index (χ0) is 19.1. The summed E-state index contributed by atoms with van der Waals surface area (Å²) in [5, 5.41) is 2.90. The van der Waals surface area contributed by atoms with Gasteiger partial charge in [-0.2, -0.15) is 4.31 Å². The molecule has 1 amide bonds. The Bertz CT molecular complexity index is 921. The molecule has 144 valence electrons. The summed E-state index contributed by atoms with van der Waals surface area (Å²) in [5.41, 5.74) is 0.909. The highest BCUT2D eigenvalue weighted by atomic mass is 32.2. The van der Waals surface area contributed by atoms with Crippen molar-refractivity contribution in [3.63, 3.8) is 0 Å². The summed E-state index contributed by atoms with van der Waals surface area (Å²) in [7, 11) is -3.50. The van der Waals surface area contributed by atoms with Gasteiger partial charge in [-0.25, -0.2) is 8.42 Å². The van der Waals surface area contributed by atoms with E-state index in [9.17, 15) is 13.2 Å². The molecule has 0 radical (unpaired) electrons. The van der Waals surface area contributed by atoms with Gasteiger partial charge in [0.25, 0.3) is 0 Å². The fourth-order valence-electron chi connectivity index (χ4n) is 3.99. The highest BCUT2D eigenvalue weighted by Gasteiger charge is 2.62. The number of aryl methyl sites for hydroxylation is 1. The Balaban J connectivity index is 1.39. The van der Waals surface area contributed by atoms with Crippen LogP contribution >= 0.6 is 0 Å². The van der Waals surface area contributed by atoms with Crippen LogP contribution in [0, 0.1) is 11.3 Å². The number of nitrogens with one attached hydrogen (secondary N) is 1. The van der Waals surface area contributed by atoms with Crippen LogP contribution in [-0.4, -0.2) is 31.7 Å². The van der Waals surface area contributed by atoms with Crippen molar-refractivity contribution in [2.45, 2.75) is 37.6 Å². The van der Waals surface area contributed by atoms with Crippen LogP contribution in [-0.2, 0) is 27.8 Å². The van der Waals surface area contributed by atoms with E-state index in [1.54, 1.807) is 24.5 Å². The number of hydrogen-bond acceptors (Lipinski definition) is 4. The molecule has 27 heavy (non-hydrogen) atoms. The average Bonchev–Trinajstić information content (AvgIpc) is 3.03. The Morgan fingerprint density at radius 3 is 2.74 bits per heavy atom. The van der Waals surface area contributed by atoms with Crippen molar-refractivity contribution in [3.05, 3.63) is 54.0 Å². The number of rotatable bonds is 6. The molecule has 1 aliphatic carbocycles. The molecule has 2 fully saturated rings. The first-order valence-electron chi connectivity index (χ1n) is 9.34. The van der Waals surface area contributed by atoms with Crippen LogP contribution in [0.5, 0.6) is 0 Å². The summed E-state index contributed by atoms with van der Waals surface area (Å²) in [6.45, 7) is 3.30. The van der Waals surface area contributed by atoms with Crippen molar-refractivity contribution >= 4 is 15.9 Å². The monoisotopic (exact) mass is 388 g/mol. The van der Waals surface area contributed by atoms with Crippen molar-refractivity contribution in [3.8, 4) is 0 Å². The quantitative estimate of drug-likeness (QED) is 0.825. The molecule has 1 aromatic carbocycles. The Kier molecular flexibility index (Phi) is 4.60. The van der Waals surface area contributed by atoms with Gasteiger partial charge in [0, 0.05) is 19.0 Å². The van der Waals surface area contributed by atoms with Gasteiger partial charge >= 0.3 is 0 Å². The van der Waals surface area contributed by atoms with Crippen LogP contribution in [0.1, 0.15) is 31.1 Å². The molecule has 2 aliphatic rings. The van der Waals surface area contributed by atoms with Crippen LogP contribution in [0.2, 0.25) is 0 Å². The largest absolute Gasteiger partial charge is 0.467 e. The van der Waals surface area contributed by atoms with Crippen molar-refractivity contribution < 1.29 is 17.6 Å². The molecule has 0 unspecified atom stereocenters. The molecule has 7 heteroatoms. The third-order valence-corrected chi connectivity index (χ3v) is 7.70. The Morgan fingerprint density at radius 2 is 2.07 bits per heavy atom. The third-order valence-electron chi connectivity index (χ3n) is 5.84. The molecule has 6 nitrogen and oxygen atoms in total. The first-order chi connectivity index (χ1) is 12.9. The maximum atomic E-state index is 12.9. The van der Waals surface area contributed by atoms with E-state index in [0.29, 0.717) is 30.3 Å². The molecule has 2 atom stereocenters. The van der Waals surface area contributed by atoms with E-state index in [4.69, 9.17) is 4.42 Å². The lowest BCUT2D eigenvalue weighted by Crippen LogP contribution is -2.31. The van der Waals surface area contributed by atoms with E-state index < -0.39 is 10.0 Å². The van der Waals surface area contributed by atoms with Crippen LogP contribution in [0.3, 0.4) is 0 Å². The molecule has 1 aliphatic heterocycles. The second-order valence-corrected chi connectivity index (χ2v) is 9.44. The second kappa shape index (κ2) is 6.80. The van der Waals surface area contributed by atoms with E-state index in [-0.39, 0.29) is 17.2 Å². The minimum atomic E-state index is -3.50. The molecule has 1 saturated heterocycles. The fraction of sp³-hybridized carbons (Fsp3) is 0.450. The highest BCUT2D eigenvalue weighted by molar-refractivity contribution is 7.89. The maximum Gasteiger partial charge on any atom is 0.243 e. The standard InChI is InChI=1S/C20H24N2O4S/c1-2-15-5-7-17(8-6-15)27(24,25)22-10-9-20(14-22)12-18(20)19(23)21-13-16-4-3-11-26-16/h3-8,11,18H,2,9-10,12-14H2,1H3,(H,21,23)/t18-,20-/m1/s1. The normalized spacial score (nSPS) is 25.0. The van der Waals surface area contributed by atoms with Crippen molar-refractivity contribution in [2.75, 3.05) is 13.1 Å². The van der Waals surface area contributed by atoms with Gasteiger partial charge in [-0.15, -0.1) is 0 Å². The number of benzene rings is 1. The minimum Gasteiger partial charge on any atom is -0.467 e. The summed E-state index contributed by atoms with van der Waals surface area (Å²) >= 11 is 0. The van der Waals surface area contributed by atoms with Gasteiger partial charge in [-0.1, -0.05) is 19.1 Å². The smallest absolute Gasteiger partial charge is 0.243 e. The Labute approximate surface area is 159 Å². The highest BCUT2D eigenvalue weighted by Crippen LogP contribution is 2.59. The third kappa shape index (κ3) is 3.41. The number of furan rings is 1. The van der Waals surface area contributed by atoms with E-state index >= 15 is 0 Å². The second-order valence-electron chi connectivity index (χ2n) is 7.50. The number of amides is 1. The number of hydrogen-bond donors (Lipinski definition) is 1. The first kappa shape index (κ1) is 18.3. The predicted molar refractivity (Wildman–Crippen MR) is 100 cm³/mol. The molecule has 1 spiro atoms. The van der Waals surface area contributed by atoms with E-state index in [1.807, 2.05) is 25.1 Å². The molecular weight excluding hydrogens is 364 g/mol. The zero-order valence-corrected chi connectivity index (χ0v) is 16.2. The number of carbonyl (C=O) groups is 1. The number of sulfonamides is 1.